The van der Waals surface area contributed by atoms with Gasteiger partial charge < -0.3 is 5.32 Å². The van der Waals surface area contributed by atoms with Gasteiger partial charge in [-0.2, -0.15) is 16.9 Å². The lowest BCUT2D eigenvalue weighted by Crippen LogP contribution is -2.24. The van der Waals surface area contributed by atoms with E-state index < -0.39 is 0 Å². The molecule has 94 valence electrons. The maximum Gasteiger partial charge on any atom is 0.0647 e. The standard InChI is InChI=1S/C14H17N3S/c1-8-15-17(9-1)14-4-2-12(3-5-14)16-13-6-10-18-11-7-13/h1-5,8-9,13,16H,6-7,10-11H2. The summed E-state index contributed by atoms with van der Waals surface area (Å²) in [5.41, 5.74) is 2.31. The van der Waals surface area contributed by atoms with Crippen molar-refractivity contribution in [2.24, 2.45) is 0 Å². The van der Waals surface area contributed by atoms with Crippen molar-refractivity contribution in [1.82, 2.24) is 9.78 Å². The van der Waals surface area contributed by atoms with Gasteiger partial charge >= 0.3 is 0 Å². The van der Waals surface area contributed by atoms with Crippen LogP contribution in [0.5, 0.6) is 0 Å². The van der Waals surface area contributed by atoms with Gasteiger partial charge in [0.25, 0.3) is 0 Å². The molecule has 0 spiro atoms. The number of rotatable bonds is 3. The van der Waals surface area contributed by atoms with Gasteiger partial charge in [0.2, 0.25) is 0 Å². The zero-order chi connectivity index (χ0) is 12.2. The fourth-order valence-electron chi connectivity index (χ4n) is 2.21. The van der Waals surface area contributed by atoms with Crippen molar-refractivity contribution in [2.45, 2.75) is 18.9 Å². The van der Waals surface area contributed by atoms with Crippen LogP contribution in [-0.4, -0.2) is 27.3 Å². The summed E-state index contributed by atoms with van der Waals surface area (Å²) in [7, 11) is 0. The molecule has 0 radical (unpaired) electrons. The third kappa shape index (κ3) is 2.70. The van der Waals surface area contributed by atoms with Gasteiger partial charge in [-0.25, -0.2) is 4.68 Å². The third-order valence-electron chi connectivity index (χ3n) is 3.23. The zero-order valence-electron chi connectivity index (χ0n) is 10.2. The molecule has 2 aromatic rings. The number of hydrogen-bond acceptors (Lipinski definition) is 3. The van der Waals surface area contributed by atoms with Gasteiger partial charge in [0.05, 0.1) is 5.69 Å². The molecule has 2 heterocycles. The van der Waals surface area contributed by atoms with Crippen molar-refractivity contribution in [1.29, 1.82) is 0 Å². The minimum Gasteiger partial charge on any atom is -0.382 e. The molecule has 1 aromatic carbocycles. The number of benzene rings is 1. The van der Waals surface area contributed by atoms with Crippen molar-refractivity contribution in [3.8, 4) is 5.69 Å². The molecule has 1 aromatic heterocycles. The molecule has 0 bridgehead atoms. The van der Waals surface area contributed by atoms with Crippen molar-refractivity contribution in [3.63, 3.8) is 0 Å². The van der Waals surface area contributed by atoms with E-state index in [-0.39, 0.29) is 0 Å². The highest BCUT2D eigenvalue weighted by atomic mass is 32.2. The van der Waals surface area contributed by atoms with Crippen molar-refractivity contribution >= 4 is 17.4 Å². The lowest BCUT2D eigenvalue weighted by atomic mass is 10.1. The monoisotopic (exact) mass is 259 g/mol. The van der Waals surface area contributed by atoms with Gasteiger partial charge in [0.1, 0.15) is 0 Å². The molecule has 1 aliphatic heterocycles. The van der Waals surface area contributed by atoms with E-state index in [4.69, 9.17) is 0 Å². The second-order valence-electron chi connectivity index (χ2n) is 4.53. The van der Waals surface area contributed by atoms with Gasteiger partial charge in [-0.05, 0) is 54.7 Å². The molecule has 1 N–H and O–H groups in total. The number of thioether (sulfide) groups is 1. The SMILES string of the molecule is c1cnn(-c2ccc(NC3CCSCC3)cc2)c1. The number of nitrogens with zero attached hydrogens (tertiary/aromatic N) is 2. The smallest absolute Gasteiger partial charge is 0.0647 e. The van der Waals surface area contributed by atoms with Crippen LogP contribution in [0.15, 0.2) is 42.7 Å². The Balaban J connectivity index is 1.67. The minimum atomic E-state index is 0.641. The van der Waals surface area contributed by atoms with E-state index in [0.29, 0.717) is 6.04 Å². The molecule has 18 heavy (non-hydrogen) atoms. The predicted octanol–water partition coefficient (Wildman–Crippen LogP) is 3.18. The van der Waals surface area contributed by atoms with Crippen molar-refractivity contribution in [3.05, 3.63) is 42.7 Å². The van der Waals surface area contributed by atoms with Crippen LogP contribution in [-0.2, 0) is 0 Å². The van der Waals surface area contributed by atoms with Gasteiger partial charge in [-0.1, -0.05) is 0 Å². The van der Waals surface area contributed by atoms with Gasteiger partial charge in [-0.15, -0.1) is 0 Å². The first-order chi connectivity index (χ1) is 8.92. The van der Waals surface area contributed by atoms with Gasteiger partial charge in [-0.3, -0.25) is 0 Å². The number of hydrogen-bond donors (Lipinski definition) is 1. The maximum absolute atomic E-state index is 4.23. The molecular weight excluding hydrogens is 242 g/mol. The Labute approximate surface area is 112 Å². The predicted molar refractivity (Wildman–Crippen MR) is 77.5 cm³/mol. The van der Waals surface area contributed by atoms with E-state index in [9.17, 15) is 0 Å². The molecule has 0 saturated carbocycles. The molecule has 0 aliphatic carbocycles. The summed E-state index contributed by atoms with van der Waals surface area (Å²) < 4.78 is 1.88. The Morgan fingerprint density at radius 2 is 1.94 bits per heavy atom. The minimum absolute atomic E-state index is 0.641. The number of nitrogens with one attached hydrogen (secondary N) is 1. The molecule has 3 rings (SSSR count). The Kier molecular flexibility index (Phi) is 3.55. The molecule has 3 nitrogen and oxygen atoms in total. The first-order valence-corrected chi connectivity index (χ1v) is 7.52. The van der Waals surface area contributed by atoms with E-state index >= 15 is 0 Å². The summed E-state index contributed by atoms with van der Waals surface area (Å²) in [5.74, 6) is 2.56. The van der Waals surface area contributed by atoms with E-state index in [1.54, 1.807) is 6.20 Å². The van der Waals surface area contributed by atoms with Crippen LogP contribution < -0.4 is 5.32 Å². The van der Waals surface area contributed by atoms with E-state index in [2.05, 4.69) is 46.4 Å². The van der Waals surface area contributed by atoms with E-state index in [1.165, 1.54) is 30.0 Å². The molecule has 0 atom stereocenters. The summed E-state index contributed by atoms with van der Waals surface area (Å²) in [6.07, 6.45) is 6.30. The normalized spacial score (nSPS) is 16.7. The van der Waals surface area contributed by atoms with Crippen LogP contribution in [0.3, 0.4) is 0 Å². The van der Waals surface area contributed by atoms with Crippen molar-refractivity contribution in [2.75, 3.05) is 16.8 Å². The first kappa shape index (κ1) is 11.7. The molecule has 1 saturated heterocycles. The summed E-state index contributed by atoms with van der Waals surface area (Å²) in [5, 5.41) is 7.84. The summed E-state index contributed by atoms with van der Waals surface area (Å²) >= 11 is 2.06. The van der Waals surface area contributed by atoms with Crippen LogP contribution >= 0.6 is 11.8 Å². The van der Waals surface area contributed by atoms with Crippen LogP contribution in [0.1, 0.15) is 12.8 Å². The second kappa shape index (κ2) is 5.48. The average Bonchev–Trinajstić information content (AvgIpc) is 2.95. The highest BCUT2D eigenvalue weighted by molar-refractivity contribution is 7.99. The van der Waals surface area contributed by atoms with Gasteiger partial charge in [0, 0.05) is 24.1 Å². The molecule has 4 heteroatoms. The van der Waals surface area contributed by atoms with Crippen LogP contribution in [0.4, 0.5) is 5.69 Å². The fourth-order valence-corrected chi connectivity index (χ4v) is 3.32. The third-order valence-corrected chi connectivity index (χ3v) is 4.28. The molecular formula is C14H17N3S. The summed E-state index contributed by atoms with van der Waals surface area (Å²) in [4.78, 5) is 0. The highest BCUT2D eigenvalue weighted by Gasteiger charge is 2.12. The van der Waals surface area contributed by atoms with E-state index in [1.807, 2.05) is 16.9 Å². The first-order valence-electron chi connectivity index (χ1n) is 6.36. The largest absolute Gasteiger partial charge is 0.382 e. The Morgan fingerprint density at radius 1 is 1.17 bits per heavy atom. The van der Waals surface area contributed by atoms with Gasteiger partial charge in [0.15, 0.2) is 0 Å². The second-order valence-corrected chi connectivity index (χ2v) is 5.75. The Hall–Kier alpha value is -1.42. The molecule has 1 aliphatic rings. The van der Waals surface area contributed by atoms with Crippen LogP contribution in [0, 0.1) is 0 Å². The lowest BCUT2D eigenvalue weighted by Gasteiger charge is -2.23. The number of anilines is 1. The van der Waals surface area contributed by atoms with Crippen molar-refractivity contribution < 1.29 is 0 Å². The quantitative estimate of drug-likeness (QED) is 0.918. The molecule has 0 amide bonds. The summed E-state index contributed by atoms with van der Waals surface area (Å²) in [6.45, 7) is 0. The molecule has 0 unspecified atom stereocenters. The maximum atomic E-state index is 4.23. The van der Waals surface area contributed by atoms with E-state index in [0.717, 1.165) is 5.69 Å². The fraction of sp³-hybridized carbons (Fsp3) is 0.357. The molecule has 1 fully saturated rings. The highest BCUT2D eigenvalue weighted by Crippen LogP contribution is 2.21. The average molecular weight is 259 g/mol. The number of aromatic nitrogens is 2. The van der Waals surface area contributed by atoms with Crippen LogP contribution in [0.2, 0.25) is 0 Å². The Morgan fingerprint density at radius 3 is 2.61 bits per heavy atom. The topological polar surface area (TPSA) is 29.9 Å². The Bertz CT molecular complexity index is 472. The summed E-state index contributed by atoms with van der Waals surface area (Å²) in [6, 6.07) is 11.1. The van der Waals surface area contributed by atoms with Crippen LogP contribution in [0.25, 0.3) is 5.69 Å². The zero-order valence-corrected chi connectivity index (χ0v) is 11.1. The lowest BCUT2D eigenvalue weighted by molar-refractivity contribution is 0.667.